The number of benzene rings is 2. The molecule has 0 fully saturated rings. The highest BCUT2D eigenvalue weighted by atomic mass is 32.2. The molecule has 0 saturated carbocycles. The number of thiophene rings is 1. The van der Waals surface area contributed by atoms with E-state index >= 15 is 0 Å². The summed E-state index contributed by atoms with van der Waals surface area (Å²) in [6.45, 7) is 0.592. The van der Waals surface area contributed by atoms with E-state index in [9.17, 15) is 16.8 Å². The van der Waals surface area contributed by atoms with Crippen molar-refractivity contribution in [3.8, 4) is 0 Å². The lowest BCUT2D eigenvalue weighted by Gasteiger charge is -2.06. The average Bonchev–Trinajstić information content (AvgIpc) is 3.12. The largest absolute Gasteiger partial charge is 0.315 e. The molecule has 0 unspecified atom stereocenters. The van der Waals surface area contributed by atoms with Crippen molar-refractivity contribution in [3.05, 3.63) is 71.6 Å². The van der Waals surface area contributed by atoms with Crippen LogP contribution in [0.2, 0.25) is 0 Å². The third-order valence-corrected chi connectivity index (χ3v) is 8.88. The second-order valence-corrected chi connectivity index (χ2v) is 10.8. The Morgan fingerprint density at radius 3 is 1.85 bits per heavy atom. The molecule has 0 bridgehead atoms. The third-order valence-electron chi connectivity index (χ3n) is 3.75. The second kappa shape index (κ2) is 7.32. The lowest BCUT2D eigenvalue weighted by atomic mass is 10.4. The van der Waals surface area contributed by atoms with Gasteiger partial charge in [-0.05, 0) is 55.6 Å². The van der Waals surface area contributed by atoms with Gasteiger partial charge in [0.2, 0.25) is 19.7 Å². The molecule has 1 aromatic heterocycles. The van der Waals surface area contributed by atoms with Crippen LogP contribution in [0.15, 0.2) is 85.6 Å². The Morgan fingerprint density at radius 2 is 1.27 bits per heavy atom. The van der Waals surface area contributed by atoms with Gasteiger partial charge < -0.3 is 5.32 Å². The Hall–Kier alpha value is -2.00. The van der Waals surface area contributed by atoms with Crippen molar-refractivity contribution in [3.63, 3.8) is 0 Å². The van der Waals surface area contributed by atoms with Gasteiger partial charge in [0.1, 0.15) is 4.21 Å². The minimum Gasteiger partial charge on any atom is -0.315 e. The van der Waals surface area contributed by atoms with Gasteiger partial charge in [-0.25, -0.2) is 16.8 Å². The van der Waals surface area contributed by atoms with Gasteiger partial charge in [0.15, 0.2) is 0 Å². The normalized spacial score (nSPS) is 12.2. The molecule has 0 spiro atoms. The Balaban J connectivity index is 1.94. The van der Waals surface area contributed by atoms with E-state index in [-0.39, 0.29) is 18.9 Å². The zero-order valence-corrected chi connectivity index (χ0v) is 16.4. The van der Waals surface area contributed by atoms with E-state index in [2.05, 4.69) is 5.32 Å². The lowest BCUT2D eigenvalue weighted by Crippen LogP contribution is -2.04. The quantitative estimate of drug-likeness (QED) is 0.679. The van der Waals surface area contributed by atoms with Crippen LogP contribution in [0.1, 0.15) is 4.88 Å². The number of rotatable bonds is 6. The number of sulfone groups is 2. The van der Waals surface area contributed by atoms with Crippen LogP contribution in [0.5, 0.6) is 0 Å². The molecule has 2 aromatic carbocycles. The average molecular weight is 408 g/mol. The molecular formula is C18H17NO4S3. The zero-order valence-electron chi connectivity index (χ0n) is 13.9. The predicted octanol–water partition coefficient (Wildman–Crippen LogP) is 3.13. The minimum atomic E-state index is -3.67. The van der Waals surface area contributed by atoms with Crippen molar-refractivity contribution in [1.82, 2.24) is 5.32 Å². The summed E-state index contributed by atoms with van der Waals surface area (Å²) in [6, 6.07) is 16.7. The fourth-order valence-corrected chi connectivity index (χ4v) is 6.47. The number of nitrogens with one attached hydrogen (secondary N) is 1. The molecule has 0 radical (unpaired) electrons. The summed E-state index contributed by atoms with van der Waals surface area (Å²) in [4.78, 5) is 1.21. The van der Waals surface area contributed by atoms with E-state index < -0.39 is 19.7 Å². The van der Waals surface area contributed by atoms with Crippen molar-refractivity contribution in [2.24, 2.45) is 0 Å². The highest BCUT2D eigenvalue weighted by Crippen LogP contribution is 2.29. The molecule has 0 saturated heterocycles. The van der Waals surface area contributed by atoms with Crippen LogP contribution in [-0.2, 0) is 26.2 Å². The van der Waals surface area contributed by atoms with Crippen LogP contribution in [0.4, 0.5) is 0 Å². The summed E-state index contributed by atoms with van der Waals surface area (Å²) in [7, 11) is -5.55. The van der Waals surface area contributed by atoms with Crippen LogP contribution in [0.3, 0.4) is 0 Å². The highest BCUT2D eigenvalue weighted by Gasteiger charge is 2.22. The van der Waals surface area contributed by atoms with Crippen LogP contribution in [0, 0.1) is 0 Å². The van der Waals surface area contributed by atoms with Gasteiger partial charge in [0, 0.05) is 11.4 Å². The summed E-state index contributed by atoms with van der Waals surface area (Å²) in [5, 5.41) is 2.98. The standard InChI is InChI=1S/C18H17NO4S3/c1-19-13-14-7-12-18(24-14)26(22,23)17-10-8-16(9-11-17)25(20,21)15-5-3-2-4-6-15/h2-12,19H,13H2,1H3. The van der Waals surface area contributed by atoms with Gasteiger partial charge in [-0.1, -0.05) is 18.2 Å². The van der Waals surface area contributed by atoms with Gasteiger partial charge in [0.25, 0.3) is 0 Å². The summed E-state index contributed by atoms with van der Waals surface area (Å²) >= 11 is 1.20. The second-order valence-electron chi connectivity index (χ2n) is 5.54. The van der Waals surface area contributed by atoms with Crippen molar-refractivity contribution < 1.29 is 16.8 Å². The number of hydrogen-bond acceptors (Lipinski definition) is 6. The molecule has 0 aliphatic rings. The predicted molar refractivity (Wildman–Crippen MR) is 101 cm³/mol. The maximum atomic E-state index is 12.7. The van der Waals surface area contributed by atoms with E-state index in [1.807, 2.05) is 0 Å². The smallest absolute Gasteiger partial charge is 0.215 e. The fraction of sp³-hybridized carbons (Fsp3) is 0.111. The maximum absolute atomic E-state index is 12.7. The van der Waals surface area contributed by atoms with Crippen LogP contribution in [0.25, 0.3) is 0 Å². The molecule has 0 aliphatic carbocycles. The third kappa shape index (κ3) is 3.59. The van der Waals surface area contributed by atoms with Crippen molar-refractivity contribution in [2.75, 3.05) is 7.05 Å². The molecule has 3 rings (SSSR count). The van der Waals surface area contributed by atoms with E-state index in [0.717, 1.165) is 4.88 Å². The summed E-state index contributed by atoms with van der Waals surface area (Å²) in [5.74, 6) is 0. The Bertz CT molecular complexity index is 1100. The molecule has 1 heterocycles. The summed E-state index contributed by atoms with van der Waals surface area (Å²) in [5.41, 5.74) is 0. The SMILES string of the molecule is CNCc1ccc(S(=O)(=O)c2ccc(S(=O)(=O)c3ccccc3)cc2)s1. The molecule has 0 atom stereocenters. The molecule has 26 heavy (non-hydrogen) atoms. The van der Waals surface area contributed by atoms with E-state index in [0.29, 0.717) is 6.54 Å². The first-order chi connectivity index (χ1) is 12.4. The highest BCUT2D eigenvalue weighted by molar-refractivity contribution is 7.93. The van der Waals surface area contributed by atoms with Crippen molar-refractivity contribution in [1.29, 1.82) is 0 Å². The molecule has 136 valence electrons. The monoisotopic (exact) mass is 407 g/mol. The van der Waals surface area contributed by atoms with Crippen LogP contribution in [-0.4, -0.2) is 23.9 Å². The molecule has 3 aromatic rings. The molecular weight excluding hydrogens is 390 g/mol. The number of hydrogen-bond donors (Lipinski definition) is 1. The summed E-state index contributed by atoms with van der Waals surface area (Å²) < 4.78 is 50.9. The van der Waals surface area contributed by atoms with Gasteiger partial charge in [-0.3, -0.25) is 0 Å². The zero-order chi connectivity index (χ0) is 18.8. The van der Waals surface area contributed by atoms with Gasteiger partial charge >= 0.3 is 0 Å². The van der Waals surface area contributed by atoms with Crippen molar-refractivity contribution >= 4 is 31.0 Å². The van der Waals surface area contributed by atoms with Crippen LogP contribution >= 0.6 is 11.3 Å². The first-order valence-corrected chi connectivity index (χ1v) is 11.5. The van der Waals surface area contributed by atoms with E-state index in [4.69, 9.17) is 0 Å². The Morgan fingerprint density at radius 1 is 0.731 bits per heavy atom. The first-order valence-electron chi connectivity index (χ1n) is 7.74. The van der Waals surface area contributed by atoms with Crippen LogP contribution < -0.4 is 5.32 Å². The lowest BCUT2D eigenvalue weighted by molar-refractivity contribution is 0.593. The topological polar surface area (TPSA) is 80.3 Å². The minimum absolute atomic E-state index is 0.0599. The fourth-order valence-electron chi connectivity index (χ4n) is 2.42. The maximum Gasteiger partial charge on any atom is 0.215 e. The Labute approximate surface area is 157 Å². The Kier molecular flexibility index (Phi) is 5.29. The molecule has 8 heteroatoms. The van der Waals surface area contributed by atoms with E-state index in [1.54, 1.807) is 37.4 Å². The molecule has 5 nitrogen and oxygen atoms in total. The summed E-state index contributed by atoms with van der Waals surface area (Å²) in [6.07, 6.45) is 0. The van der Waals surface area contributed by atoms with Gasteiger partial charge in [-0.15, -0.1) is 11.3 Å². The molecule has 0 amide bonds. The van der Waals surface area contributed by atoms with Gasteiger partial charge in [-0.2, -0.15) is 0 Å². The first kappa shape index (κ1) is 18.8. The molecule has 0 aliphatic heterocycles. The van der Waals surface area contributed by atoms with E-state index in [1.165, 1.54) is 47.7 Å². The van der Waals surface area contributed by atoms with Crippen molar-refractivity contribution in [2.45, 2.75) is 25.4 Å². The molecule has 1 N–H and O–H groups in total. The van der Waals surface area contributed by atoms with Gasteiger partial charge in [0.05, 0.1) is 14.7 Å².